The summed E-state index contributed by atoms with van der Waals surface area (Å²) in [5.41, 5.74) is 5.03. The fourth-order valence-corrected chi connectivity index (χ4v) is 4.82. The third-order valence-electron chi connectivity index (χ3n) is 7.08. The van der Waals surface area contributed by atoms with Crippen molar-refractivity contribution in [2.24, 2.45) is 11.1 Å². The van der Waals surface area contributed by atoms with Gasteiger partial charge in [-0.3, -0.25) is 9.59 Å². The lowest BCUT2D eigenvalue weighted by Crippen LogP contribution is -2.58. The highest BCUT2D eigenvalue weighted by molar-refractivity contribution is 5.96. The molecule has 0 bridgehead atoms. The topological polar surface area (TPSA) is 72.2 Å². The first-order valence-electron chi connectivity index (χ1n) is 13.3. The number of amides is 2. The van der Waals surface area contributed by atoms with Gasteiger partial charge in [-0.1, -0.05) is 125 Å². The van der Waals surface area contributed by atoms with Crippen molar-refractivity contribution in [2.75, 3.05) is 0 Å². The summed E-state index contributed by atoms with van der Waals surface area (Å²) < 4.78 is 0. The lowest BCUT2D eigenvalue weighted by atomic mass is 9.64. The Labute approximate surface area is 193 Å². The minimum atomic E-state index is -0.551. The lowest BCUT2D eigenvalue weighted by molar-refractivity contribution is -0.130. The zero-order chi connectivity index (χ0) is 23.6. The summed E-state index contributed by atoms with van der Waals surface area (Å²) in [6.45, 7) is 11.3. The molecule has 0 saturated carbocycles. The van der Waals surface area contributed by atoms with Crippen molar-refractivity contribution < 1.29 is 9.59 Å². The van der Waals surface area contributed by atoms with E-state index >= 15 is 0 Å². The molecule has 0 aromatic carbocycles. The minimum Gasteiger partial charge on any atom is -0.369 e. The van der Waals surface area contributed by atoms with Gasteiger partial charge in [-0.05, 0) is 24.7 Å². The van der Waals surface area contributed by atoms with Crippen LogP contribution in [-0.4, -0.2) is 17.4 Å². The zero-order valence-corrected chi connectivity index (χ0v) is 21.6. The fourth-order valence-electron chi connectivity index (χ4n) is 4.82. The molecule has 0 aliphatic rings. The van der Waals surface area contributed by atoms with E-state index in [2.05, 4.69) is 39.9 Å². The summed E-state index contributed by atoms with van der Waals surface area (Å²) in [4.78, 5) is 23.9. The summed E-state index contributed by atoms with van der Waals surface area (Å²) >= 11 is 0. The van der Waals surface area contributed by atoms with Crippen molar-refractivity contribution in [2.45, 2.75) is 156 Å². The lowest BCUT2D eigenvalue weighted by Gasteiger charge is -2.48. The van der Waals surface area contributed by atoms with Crippen molar-refractivity contribution >= 4 is 11.8 Å². The molecule has 0 heterocycles. The molecular formula is C27H54N2O2. The van der Waals surface area contributed by atoms with Gasteiger partial charge >= 0.3 is 0 Å². The number of rotatable bonds is 21. The molecule has 0 aromatic rings. The van der Waals surface area contributed by atoms with Gasteiger partial charge in [-0.25, -0.2) is 0 Å². The number of nitrogens with one attached hydrogen (secondary N) is 1. The third kappa shape index (κ3) is 13.2. The predicted molar refractivity (Wildman–Crippen MR) is 134 cm³/mol. The first-order chi connectivity index (χ1) is 14.7. The molecule has 0 unspecified atom stereocenters. The first-order valence-corrected chi connectivity index (χ1v) is 13.3. The Hall–Kier alpha value is -1.06. The molecule has 0 fully saturated rings. The van der Waals surface area contributed by atoms with E-state index in [0.717, 1.165) is 44.9 Å². The van der Waals surface area contributed by atoms with E-state index in [0.29, 0.717) is 0 Å². The van der Waals surface area contributed by atoms with Crippen LogP contribution in [0.4, 0.5) is 0 Å². The molecule has 184 valence electrons. The quantitative estimate of drug-likeness (QED) is 0.144. The van der Waals surface area contributed by atoms with Gasteiger partial charge < -0.3 is 11.1 Å². The Bertz CT molecular complexity index is 466. The number of hydrogen-bond donors (Lipinski definition) is 2. The molecule has 31 heavy (non-hydrogen) atoms. The van der Waals surface area contributed by atoms with Crippen molar-refractivity contribution in [1.82, 2.24) is 5.32 Å². The van der Waals surface area contributed by atoms with E-state index in [9.17, 15) is 9.59 Å². The van der Waals surface area contributed by atoms with Gasteiger partial charge in [0.2, 0.25) is 11.8 Å². The molecule has 0 atom stereocenters. The van der Waals surface area contributed by atoms with Gasteiger partial charge in [0.05, 0.1) is 0 Å². The van der Waals surface area contributed by atoms with Crippen molar-refractivity contribution in [3.8, 4) is 0 Å². The highest BCUT2D eigenvalue weighted by Gasteiger charge is 2.44. The van der Waals surface area contributed by atoms with Crippen LogP contribution in [0.5, 0.6) is 0 Å². The molecular weight excluding hydrogens is 384 g/mol. The molecule has 4 nitrogen and oxygen atoms in total. The van der Waals surface area contributed by atoms with E-state index in [1.54, 1.807) is 0 Å². The molecule has 0 saturated heterocycles. The van der Waals surface area contributed by atoms with E-state index in [-0.39, 0.29) is 23.3 Å². The van der Waals surface area contributed by atoms with Crippen LogP contribution < -0.4 is 11.1 Å². The summed E-state index contributed by atoms with van der Waals surface area (Å²) in [6.07, 6.45) is 20.6. The highest BCUT2D eigenvalue weighted by atomic mass is 16.2. The van der Waals surface area contributed by atoms with Crippen LogP contribution in [-0.2, 0) is 9.59 Å². The number of nitrogens with two attached hydrogens (primary N) is 1. The molecule has 0 aromatic heterocycles. The van der Waals surface area contributed by atoms with Crippen LogP contribution in [0.1, 0.15) is 150 Å². The monoisotopic (exact) mass is 438 g/mol. The molecule has 0 aliphatic carbocycles. The molecule has 3 N–H and O–H groups in total. The Morgan fingerprint density at radius 3 is 1.48 bits per heavy atom. The molecule has 0 radical (unpaired) electrons. The van der Waals surface area contributed by atoms with Gasteiger partial charge in [-0.2, -0.15) is 0 Å². The molecule has 0 spiro atoms. The van der Waals surface area contributed by atoms with Gasteiger partial charge in [0.1, 0.15) is 6.42 Å². The summed E-state index contributed by atoms with van der Waals surface area (Å²) in [6, 6.07) is 0. The van der Waals surface area contributed by atoms with Crippen molar-refractivity contribution in [1.29, 1.82) is 0 Å². The van der Waals surface area contributed by atoms with E-state index in [4.69, 9.17) is 5.73 Å². The van der Waals surface area contributed by atoms with Gasteiger partial charge in [-0.15, -0.1) is 0 Å². The second kappa shape index (κ2) is 17.5. The summed E-state index contributed by atoms with van der Waals surface area (Å²) in [7, 11) is 0. The van der Waals surface area contributed by atoms with E-state index < -0.39 is 5.91 Å². The Morgan fingerprint density at radius 2 is 1.06 bits per heavy atom. The Balaban J connectivity index is 4.81. The third-order valence-corrected chi connectivity index (χ3v) is 7.08. The molecule has 0 aliphatic heterocycles. The SMILES string of the molecule is CCCCCCCCCCCCC(C)(C)C(CCCC)(CCCC)NC(=O)CC(N)=O. The second-order valence-electron chi connectivity index (χ2n) is 10.3. The van der Waals surface area contributed by atoms with Crippen LogP contribution in [0, 0.1) is 5.41 Å². The van der Waals surface area contributed by atoms with Crippen LogP contribution in [0.15, 0.2) is 0 Å². The van der Waals surface area contributed by atoms with Crippen molar-refractivity contribution in [3.05, 3.63) is 0 Å². The largest absolute Gasteiger partial charge is 0.369 e. The van der Waals surface area contributed by atoms with Gasteiger partial charge in [0.25, 0.3) is 0 Å². The number of carbonyl (C=O) groups excluding carboxylic acids is 2. The normalized spacial score (nSPS) is 12.2. The summed E-state index contributed by atoms with van der Waals surface area (Å²) in [5, 5.41) is 3.32. The predicted octanol–water partition coefficient (Wildman–Crippen LogP) is 7.43. The fraction of sp³-hybridized carbons (Fsp3) is 0.926. The number of primary amides is 1. The smallest absolute Gasteiger partial charge is 0.229 e. The maximum absolute atomic E-state index is 12.6. The summed E-state index contributed by atoms with van der Waals surface area (Å²) in [5.74, 6) is -0.763. The van der Waals surface area contributed by atoms with Crippen LogP contribution in [0.25, 0.3) is 0 Å². The maximum atomic E-state index is 12.6. The Morgan fingerprint density at radius 1 is 0.645 bits per heavy atom. The Kier molecular flexibility index (Phi) is 16.9. The van der Waals surface area contributed by atoms with Gasteiger partial charge in [0, 0.05) is 5.54 Å². The molecule has 0 rings (SSSR count). The number of carbonyl (C=O) groups is 2. The average Bonchev–Trinajstić information content (AvgIpc) is 2.70. The zero-order valence-electron chi connectivity index (χ0n) is 21.6. The number of hydrogen-bond acceptors (Lipinski definition) is 2. The average molecular weight is 439 g/mol. The second-order valence-corrected chi connectivity index (χ2v) is 10.3. The van der Waals surface area contributed by atoms with Crippen LogP contribution in [0.3, 0.4) is 0 Å². The van der Waals surface area contributed by atoms with Crippen molar-refractivity contribution in [3.63, 3.8) is 0 Å². The maximum Gasteiger partial charge on any atom is 0.229 e. The minimum absolute atomic E-state index is 0.00913. The standard InChI is InChI=1S/C27H54N2O2/c1-6-9-12-13-14-15-16-17-18-19-20-26(4,5)27(21-10-7-2,22-11-8-3)29-25(31)23-24(28)30/h6-23H2,1-5H3,(H2,28,30)(H,29,31). The highest BCUT2D eigenvalue weighted by Crippen LogP contribution is 2.43. The van der Waals surface area contributed by atoms with E-state index in [1.165, 1.54) is 64.2 Å². The van der Waals surface area contributed by atoms with E-state index in [1.807, 2.05) is 0 Å². The number of unbranched alkanes of at least 4 members (excludes halogenated alkanes) is 11. The molecule has 4 heteroatoms. The van der Waals surface area contributed by atoms with Crippen LogP contribution in [0.2, 0.25) is 0 Å². The van der Waals surface area contributed by atoms with Gasteiger partial charge in [0.15, 0.2) is 0 Å². The molecule has 2 amide bonds. The van der Waals surface area contributed by atoms with Crippen LogP contribution >= 0.6 is 0 Å². The first kappa shape index (κ1) is 29.9.